The molecule has 0 bridgehead atoms. The Bertz CT molecular complexity index is 1220. The molecular weight excluding hydrogens is 545 g/mol. The van der Waals surface area contributed by atoms with Crippen molar-refractivity contribution in [2.75, 3.05) is 20.1 Å². The van der Waals surface area contributed by atoms with E-state index in [2.05, 4.69) is 0 Å². The summed E-state index contributed by atoms with van der Waals surface area (Å²) in [5.41, 5.74) is -2.92. The number of hydrogen-bond donors (Lipinski definition) is 0. The van der Waals surface area contributed by atoms with Crippen LogP contribution in [0.15, 0.2) is 36.4 Å². The number of halogens is 7. The van der Waals surface area contributed by atoms with Gasteiger partial charge in [-0.15, -0.1) is 0 Å². The minimum Gasteiger partial charge on any atom is -0.444 e. The Morgan fingerprint density at radius 1 is 0.975 bits per heavy atom. The predicted octanol–water partition coefficient (Wildman–Crippen LogP) is 7.17. The first-order valence-corrected chi connectivity index (χ1v) is 12.5. The van der Waals surface area contributed by atoms with Crippen LogP contribution in [0.3, 0.4) is 0 Å². The molecule has 5 nitrogen and oxygen atoms in total. The van der Waals surface area contributed by atoms with Crippen molar-refractivity contribution in [3.8, 4) is 0 Å². The van der Waals surface area contributed by atoms with Crippen LogP contribution in [-0.2, 0) is 28.4 Å². The lowest BCUT2D eigenvalue weighted by atomic mass is 9.78. The number of benzene rings is 2. The van der Waals surface area contributed by atoms with Crippen molar-refractivity contribution < 1.29 is 45.1 Å². The SMILES string of the molecule is Cc1cc(F)ccc1[C@@H]1CN(C(=O)OC(C)(C)C)CC[C@@H]1C(=O)N(C)Cc1cc(C(F)(F)F)cc(C(F)(F)F)c1. The summed E-state index contributed by atoms with van der Waals surface area (Å²) >= 11 is 0. The average Bonchev–Trinajstić information content (AvgIpc) is 2.81. The lowest BCUT2D eigenvalue weighted by molar-refractivity contribution is -0.143. The van der Waals surface area contributed by atoms with Crippen molar-refractivity contribution in [2.24, 2.45) is 5.92 Å². The number of carbonyl (C=O) groups excluding carboxylic acids is 2. The van der Waals surface area contributed by atoms with Crippen LogP contribution in [0.5, 0.6) is 0 Å². The maximum Gasteiger partial charge on any atom is 0.416 e. The number of ether oxygens (including phenoxy) is 1. The third-order valence-corrected chi connectivity index (χ3v) is 6.66. The molecule has 0 aromatic heterocycles. The molecule has 0 unspecified atom stereocenters. The summed E-state index contributed by atoms with van der Waals surface area (Å²) in [6, 6.07) is 5.23. The molecule has 12 heteroatoms. The van der Waals surface area contributed by atoms with E-state index < -0.39 is 65.3 Å². The standard InChI is InChI=1S/C28H31F7N2O3/c1-16-10-20(29)6-7-21(16)23-15-37(25(39)40-26(2,3)4)9-8-22(23)24(38)36(5)14-17-11-18(27(30,31)32)13-19(12-17)28(33,34)35/h6-7,10-13,22-23H,8-9,14-15H2,1-5H3/t22-,23-/m0/s1. The Balaban J connectivity index is 1.92. The predicted molar refractivity (Wildman–Crippen MR) is 133 cm³/mol. The lowest BCUT2D eigenvalue weighted by Gasteiger charge is -2.40. The van der Waals surface area contributed by atoms with E-state index in [0.29, 0.717) is 23.3 Å². The van der Waals surface area contributed by atoms with E-state index in [0.717, 1.165) is 4.90 Å². The van der Waals surface area contributed by atoms with E-state index >= 15 is 0 Å². The highest BCUT2D eigenvalue weighted by atomic mass is 19.4. The van der Waals surface area contributed by atoms with Crippen LogP contribution in [0, 0.1) is 18.7 Å². The molecule has 0 saturated carbocycles. The van der Waals surface area contributed by atoms with Gasteiger partial charge in [0.15, 0.2) is 0 Å². The van der Waals surface area contributed by atoms with Gasteiger partial charge in [-0.3, -0.25) is 4.79 Å². The smallest absolute Gasteiger partial charge is 0.416 e. The third-order valence-electron chi connectivity index (χ3n) is 6.66. The van der Waals surface area contributed by atoms with E-state index in [4.69, 9.17) is 4.74 Å². The Kier molecular flexibility index (Phi) is 8.81. The summed E-state index contributed by atoms with van der Waals surface area (Å²) in [7, 11) is 1.30. The second-order valence-corrected chi connectivity index (χ2v) is 11.0. The first kappa shape index (κ1) is 31.2. The molecule has 1 heterocycles. The molecule has 40 heavy (non-hydrogen) atoms. The largest absolute Gasteiger partial charge is 0.444 e. The molecule has 2 aromatic carbocycles. The van der Waals surface area contributed by atoms with Gasteiger partial charge in [-0.2, -0.15) is 26.3 Å². The Hall–Kier alpha value is -3.31. The molecule has 0 spiro atoms. The molecule has 0 N–H and O–H groups in total. The van der Waals surface area contributed by atoms with Crippen molar-refractivity contribution in [3.63, 3.8) is 0 Å². The first-order valence-electron chi connectivity index (χ1n) is 12.5. The second kappa shape index (κ2) is 11.3. The Morgan fingerprint density at radius 2 is 1.55 bits per heavy atom. The first-order chi connectivity index (χ1) is 18.3. The quantitative estimate of drug-likeness (QED) is 0.363. The minimum absolute atomic E-state index is 0.0328. The van der Waals surface area contributed by atoms with Crippen molar-refractivity contribution in [1.29, 1.82) is 0 Å². The molecule has 2 atom stereocenters. The fourth-order valence-electron chi connectivity index (χ4n) is 4.86. The summed E-state index contributed by atoms with van der Waals surface area (Å²) < 4.78 is 99.2. The van der Waals surface area contributed by atoms with Gasteiger partial charge in [0.05, 0.1) is 11.1 Å². The number of rotatable bonds is 4. The highest BCUT2D eigenvalue weighted by Gasteiger charge is 2.41. The summed E-state index contributed by atoms with van der Waals surface area (Å²) in [4.78, 5) is 28.9. The van der Waals surface area contributed by atoms with Gasteiger partial charge >= 0.3 is 18.4 Å². The van der Waals surface area contributed by atoms with E-state index in [1.165, 1.54) is 30.1 Å². The average molecular weight is 577 g/mol. The molecule has 2 amide bonds. The van der Waals surface area contributed by atoms with Crippen LogP contribution in [-0.4, -0.2) is 47.5 Å². The van der Waals surface area contributed by atoms with E-state index in [1.807, 2.05) is 0 Å². The molecule has 3 rings (SSSR count). The van der Waals surface area contributed by atoms with Gasteiger partial charge in [0.25, 0.3) is 0 Å². The topological polar surface area (TPSA) is 49.9 Å². The summed E-state index contributed by atoms with van der Waals surface area (Å²) in [5.74, 6) is -2.42. The fourth-order valence-corrected chi connectivity index (χ4v) is 4.86. The number of alkyl halides is 6. The molecule has 1 saturated heterocycles. The molecule has 1 fully saturated rings. The van der Waals surface area contributed by atoms with Crippen LogP contribution >= 0.6 is 0 Å². The Morgan fingerprint density at radius 3 is 2.05 bits per heavy atom. The van der Waals surface area contributed by atoms with Crippen molar-refractivity contribution in [1.82, 2.24) is 9.80 Å². The van der Waals surface area contributed by atoms with Gasteiger partial charge in [-0.25, -0.2) is 9.18 Å². The maximum absolute atomic E-state index is 13.8. The van der Waals surface area contributed by atoms with Gasteiger partial charge in [-0.1, -0.05) is 6.07 Å². The van der Waals surface area contributed by atoms with Crippen LogP contribution in [0.1, 0.15) is 60.9 Å². The van der Waals surface area contributed by atoms with Crippen molar-refractivity contribution in [3.05, 3.63) is 70.0 Å². The van der Waals surface area contributed by atoms with Gasteiger partial charge in [-0.05, 0) is 81.1 Å². The number of likely N-dealkylation sites (tertiary alicyclic amines) is 1. The highest BCUT2D eigenvalue weighted by molar-refractivity contribution is 5.80. The molecular formula is C28H31F7N2O3. The van der Waals surface area contributed by atoms with Crippen LogP contribution in [0.4, 0.5) is 35.5 Å². The number of hydrogen-bond acceptors (Lipinski definition) is 3. The number of amides is 2. The van der Waals surface area contributed by atoms with E-state index in [9.17, 15) is 40.3 Å². The molecule has 2 aromatic rings. The zero-order chi connectivity index (χ0) is 30.2. The zero-order valence-corrected chi connectivity index (χ0v) is 22.7. The number of carbonyl (C=O) groups is 2. The number of aryl methyl sites for hydroxylation is 1. The summed E-state index contributed by atoms with van der Waals surface area (Å²) in [5, 5.41) is 0. The van der Waals surface area contributed by atoms with Gasteiger partial charge < -0.3 is 14.5 Å². The molecule has 1 aliphatic heterocycles. The molecule has 0 radical (unpaired) electrons. The number of piperidine rings is 1. The fraction of sp³-hybridized carbons (Fsp3) is 0.500. The molecule has 220 valence electrons. The summed E-state index contributed by atoms with van der Waals surface area (Å²) in [6.07, 6.45) is -10.5. The molecule has 0 aliphatic carbocycles. The normalized spacial score (nSPS) is 18.4. The van der Waals surface area contributed by atoms with Crippen molar-refractivity contribution in [2.45, 2.75) is 64.5 Å². The third kappa shape index (κ3) is 7.66. The van der Waals surface area contributed by atoms with Crippen LogP contribution in [0.2, 0.25) is 0 Å². The minimum atomic E-state index is -5.02. The van der Waals surface area contributed by atoms with Gasteiger partial charge in [0.1, 0.15) is 11.4 Å². The summed E-state index contributed by atoms with van der Waals surface area (Å²) in [6.45, 7) is 6.44. The van der Waals surface area contributed by atoms with Crippen molar-refractivity contribution >= 4 is 12.0 Å². The number of nitrogens with zero attached hydrogens (tertiary/aromatic N) is 2. The van der Waals surface area contributed by atoms with Gasteiger partial charge in [0, 0.05) is 38.5 Å². The highest BCUT2D eigenvalue weighted by Crippen LogP contribution is 2.38. The van der Waals surface area contributed by atoms with Crippen LogP contribution < -0.4 is 0 Å². The Labute approximate surface area is 227 Å². The second-order valence-electron chi connectivity index (χ2n) is 11.0. The van der Waals surface area contributed by atoms with Gasteiger partial charge in [0.2, 0.25) is 5.91 Å². The van der Waals surface area contributed by atoms with Crippen LogP contribution in [0.25, 0.3) is 0 Å². The van der Waals surface area contributed by atoms with E-state index in [-0.39, 0.29) is 31.1 Å². The maximum atomic E-state index is 13.8. The zero-order valence-electron chi connectivity index (χ0n) is 22.7. The molecule has 1 aliphatic rings. The lowest BCUT2D eigenvalue weighted by Crippen LogP contribution is -2.49. The van der Waals surface area contributed by atoms with E-state index in [1.54, 1.807) is 27.7 Å². The monoisotopic (exact) mass is 576 g/mol.